The van der Waals surface area contributed by atoms with E-state index in [1.807, 2.05) is 6.92 Å². The Morgan fingerprint density at radius 3 is 2.60 bits per heavy atom. The van der Waals surface area contributed by atoms with E-state index in [1.165, 1.54) is 19.2 Å². The molecule has 1 aromatic heterocycles. The molecule has 1 heterocycles. The molecule has 8 nitrogen and oxygen atoms in total. The SMILES string of the molecule is CCc1c(C)sc(NC(=O)c2ccc(OC)c([N+](=O)[O-])c2)c1C(=O)O. The largest absolute Gasteiger partial charge is 0.490 e. The van der Waals surface area contributed by atoms with E-state index >= 15 is 0 Å². The third kappa shape index (κ3) is 3.61. The first kappa shape index (κ1) is 18.4. The first-order valence-corrected chi connectivity index (χ1v) is 8.11. The zero-order valence-corrected chi connectivity index (χ0v) is 14.6. The number of aromatic carboxylic acids is 1. The lowest BCUT2D eigenvalue weighted by atomic mass is 10.1. The Morgan fingerprint density at radius 2 is 2.08 bits per heavy atom. The summed E-state index contributed by atoms with van der Waals surface area (Å²) in [5, 5.41) is 23.2. The summed E-state index contributed by atoms with van der Waals surface area (Å²) in [5.41, 5.74) is 0.410. The predicted molar refractivity (Wildman–Crippen MR) is 93.0 cm³/mol. The molecule has 1 amide bonds. The molecule has 0 aliphatic rings. The molecule has 2 N–H and O–H groups in total. The number of nitro benzene ring substituents is 1. The van der Waals surface area contributed by atoms with Gasteiger partial charge < -0.3 is 15.2 Å². The molecule has 0 radical (unpaired) electrons. The third-order valence-corrected chi connectivity index (χ3v) is 4.70. The van der Waals surface area contributed by atoms with Crippen molar-refractivity contribution in [3.63, 3.8) is 0 Å². The molecule has 0 fully saturated rings. The standard InChI is InChI=1S/C16H16N2O6S/c1-4-10-8(2)25-15(13(10)16(20)21)17-14(19)9-5-6-12(24-3)11(7-9)18(22)23/h5-7H,4H2,1-3H3,(H,17,19)(H,20,21). The molecule has 0 atom stereocenters. The van der Waals surface area contributed by atoms with Crippen LogP contribution in [-0.2, 0) is 6.42 Å². The molecule has 0 spiro atoms. The van der Waals surface area contributed by atoms with Crippen molar-refractivity contribution in [1.82, 2.24) is 0 Å². The van der Waals surface area contributed by atoms with Crippen LogP contribution < -0.4 is 10.1 Å². The molecule has 0 saturated heterocycles. The van der Waals surface area contributed by atoms with E-state index < -0.39 is 16.8 Å². The van der Waals surface area contributed by atoms with Crippen molar-refractivity contribution in [2.24, 2.45) is 0 Å². The van der Waals surface area contributed by atoms with Crippen LogP contribution in [0.25, 0.3) is 0 Å². The number of nitrogens with zero attached hydrogens (tertiary/aromatic N) is 1. The van der Waals surface area contributed by atoms with E-state index in [2.05, 4.69) is 5.32 Å². The number of thiophene rings is 1. The molecule has 0 aliphatic carbocycles. The highest BCUT2D eigenvalue weighted by Gasteiger charge is 2.23. The molecule has 0 bridgehead atoms. The van der Waals surface area contributed by atoms with Crippen LogP contribution in [0.3, 0.4) is 0 Å². The number of anilines is 1. The number of carboxylic acids is 1. The number of aryl methyl sites for hydroxylation is 1. The lowest BCUT2D eigenvalue weighted by molar-refractivity contribution is -0.385. The summed E-state index contributed by atoms with van der Waals surface area (Å²) < 4.78 is 4.89. The van der Waals surface area contributed by atoms with Gasteiger partial charge in [0, 0.05) is 16.5 Å². The van der Waals surface area contributed by atoms with Crippen molar-refractivity contribution < 1.29 is 24.4 Å². The maximum Gasteiger partial charge on any atom is 0.339 e. The van der Waals surface area contributed by atoms with Gasteiger partial charge in [-0.25, -0.2) is 4.79 Å². The van der Waals surface area contributed by atoms with Crippen LogP contribution in [0.4, 0.5) is 10.7 Å². The number of carboxylic acid groups (broad SMARTS) is 1. The van der Waals surface area contributed by atoms with Crippen molar-refractivity contribution in [1.29, 1.82) is 0 Å². The van der Waals surface area contributed by atoms with E-state index in [-0.39, 0.29) is 27.6 Å². The quantitative estimate of drug-likeness (QED) is 0.598. The molecule has 132 valence electrons. The minimum absolute atomic E-state index is 0.0351. The molecule has 0 aliphatic heterocycles. The van der Waals surface area contributed by atoms with Crippen LogP contribution >= 0.6 is 11.3 Å². The highest BCUT2D eigenvalue weighted by Crippen LogP contribution is 2.34. The summed E-state index contributed by atoms with van der Waals surface area (Å²) in [7, 11) is 1.29. The maximum absolute atomic E-state index is 12.4. The summed E-state index contributed by atoms with van der Waals surface area (Å²) in [6.45, 7) is 3.61. The Hall–Kier alpha value is -2.94. The van der Waals surface area contributed by atoms with Crippen molar-refractivity contribution in [3.8, 4) is 5.75 Å². The molecule has 2 aromatic rings. The lowest BCUT2D eigenvalue weighted by Gasteiger charge is -2.07. The summed E-state index contributed by atoms with van der Waals surface area (Å²) in [4.78, 5) is 35.1. The summed E-state index contributed by atoms with van der Waals surface area (Å²) in [6.07, 6.45) is 0.522. The minimum Gasteiger partial charge on any atom is -0.490 e. The van der Waals surface area contributed by atoms with Gasteiger partial charge in [0.05, 0.1) is 17.6 Å². The van der Waals surface area contributed by atoms with E-state index in [9.17, 15) is 24.8 Å². The number of nitro groups is 1. The smallest absolute Gasteiger partial charge is 0.339 e. The van der Waals surface area contributed by atoms with Crippen molar-refractivity contribution in [3.05, 3.63) is 49.9 Å². The van der Waals surface area contributed by atoms with Gasteiger partial charge in [0.2, 0.25) is 0 Å². The first-order chi connectivity index (χ1) is 11.8. The fourth-order valence-corrected chi connectivity index (χ4v) is 3.60. The lowest BCUT2D eigenvalue weighted by Crippen LogP contribution is -2.14. The van der Waals surface area contributed by atoms with Gasteiger partial charge in [-0.1, -0.05) is 6.92 Å². The Bertz CT molecular complexity index is 859. The van der Waals surface area contributed by atoms with Gasteiger partial charge in [-0.3, -0.25) is 14.9 Å². The van der Waals surface area contributed by atoms with Crippen LogP contribution in [-0.4, -0.2) is 29.0 Å². The van der Waals surface area contributed by atoms with Gasteiger partial charge in [-0.05, 0) is 31.0 Å². The zero-order chi connectivity index (χ0) is 18.7. The molecule has 0 saturated carbocycles. The van der Waals surface area contributed by atoms with Gasteiger partial charge in [0.15, 0.2) is 5.75 Å². The number of hydrogen-bond acceptors (Lipinski definition) is 6. The first-order valence-electron chi connectivity index (χ1n) is 7.29. The number of benzene rings is 1. The molecular weight excluding hydrogens is 348 g/mol. The number of amides is 1. The summed E-state index contributed by atoms with van der Waals surface area (Å²) in [6, 6.07) is 3.79. The zero-order valence-electron chi connectivity index (χ0n) is 13.8. The maximum atomic E-state index is 12.4. The fraction of sp³-hybridized carbons (Fsp3) is 0.250. The molecular formula is C16H16N2O6S. The predicted octanol–water partition coefficient (Wildman–Crippen LogP) is 3.49. The van der Waals surface area contributed by atoms with Crippen molar-refractivity contribution in [2.45, 2.75) is 20.3 Å². The molecule has 0 unspecified atom stereocenters. The van der Waals surface area contributed by atoms with E-state index in [4.69, 9.17) is 4.74 Å². The fourth-order valence-electron chi connectivity index (χ4n) is 2.47. The second-order valence-electron chi connectivity index (χ2n) is 5.10. The third-order valence-electron chi connectivity index (χ3n) is 3.64. The second-order valence-corrected chi connectivity index (χ2v) is 6.32. The van der Waals surface area contributed by atoms with Crippen LogP contribution in [0.5, 0.6) is 5.75 Å². The number of hydrogen-bond donors (Lipinski definition) is 2. The van der Waals surface area contributed by atoms with Gasteiger partial charge in [-0.15, -0.1) is 11.3 Å². The Morgan fingerprint density at radius 1 is 1.40 bits per heavy atom. The molecule has 2 rings (SSSR count). The number of ether oxygens (including phenoxy) is 1. The monoisotopic (exact) mass is 364 g/mol. The summed E-state index contributed by atoms with van der Waals surface area (Å²) >= 11 is 1.16. The Kier molecular flexibility index (Phi) is 5.38. The number of rotatable bonds is 6. The van der Waals surface area contributed by atoms with E-state index in [0.29, 0.717) is 12.0 Å². The highest BCUT2D eigenvalue weighted by atomic mass is 32.1. The van der Waals surface area contributed by atoms with Crippen LogP contribution in [0.2, 0.25) is 0 Å². The Labute approximate surface area is 147 Å². The van der Waals surface area contributed by atoms with Gasteiger partial charge in [0.1, 0.15) is 5.00 Å². The summed E-state index contributed by atoms with van der Waals surface area (Å²) in [5.74, 6) is -1.72. The molecule has 9 heteroatoms. The van der Waals surface area contributed by atoms with Gasteiger partial charge in [-0.2, -0.15) is 0 Å². The normalized spacial score (nSPS) is 10.4. The van der Waals surface area contributed by atoms with E-state index in [0.717, 1.165) is 22.3 Å². The number of carbonyl (C=O) groups is 2. The van der Waals surface area contributed by atoms with Crippen LogP contribution in [0.15, 0.2) is 18.2 Å². The number of carbonyl (C=O) groups excluding carboxylic acids is 1. The minimum atomic E-state index is -1.13. The number of methoxy groups -OCH3 is 1. The molecule has 25 heavy (non-hydrogen) atoms. The van der Waals surface area contributed by atoms with Crippen LogP contribution in [0.1, 0.15) is 38.1 Å². The van der Waals surface area contributed by atoms with Crippen LogP contribution in [0, 0.1) is 17.0 Å². The van der Waals surface area contributed by atoms with Crippen molar-refractivity contribution >= 4 is 33.9 Å². The van der Waals surface area contributed by atoms with Crippen molar-refractivity contribution in [2.75, 3.05) is 12.4 Å². The highest BCUT2D eigenvalue weighted by molar-refractivity contribution is 7.16. The van der Waals surface area contributed by atoms with E-state index in [1.54, 1.807) is 6.92 Å². The van der Waals surface area contributed by atoms with Gasteiger partial charge in [0.25, 0.3) is 5.91 Å². The second kappa shape index (κ2) is 7.31. The molecule has 1 aromatic carbocycles. The average Bonchev–Trinajstić information content (AvgIpc) is 2.89. The Balaban J connectivity index is 2.40. The topological polar surface area (TPSA) is 119 Å². The number of nitrogens with one attached hydrogen (secondary N) is 1. The van der Waals surface area contributed by atoms with Gasteiger partial charge >= 0.3 is 11.7 Å². The average molecular weight is 364 g/mol.